The van der Waals surface area contributed by atoms with Crippen molar-refractivity contribution in [2.45, 2.75) is 51.4 Å². The molecular formula is C12H20Br2. The summed E-state index contributed by atoms with van der Waals surface area (Å²) in [4.78, 5) is 0. The molecule has 0 aliphatic rings. The van der Waals surface area contributed by atoms with Crippen LogP contribution in [-0.2, 0) is 0 Å². The summed E-state index contributed by atoms with van der Waals surface area (Å²) >= 11 is 6.71. The van der Waals surface area contributed by atoms with Crippen molar-refractivity contribution in [1.82, 2.24) is 0 Å². The quantitative estimate of drug-likeness (QED) is 0.364. The van der Waals surface area contributed by atoms with Crippen molar-refractivity contribution in [3.05, 3.63) is 22.1 Å². The maximum Gasteiger partial charge on any atom is 0.0564 e. The second-order valence-electron chi connectivity index (χ2n) is 3.48. The smallest absolute Gasteiger partial charge is 0.0564 e. The fourth-order valence-electron chi connectivity index (χ4n) is 1.35. The summed E-state index contributed by atoms with van der Waals surface area (Å²) in [5.41, 5.74) is 0. The molecule has 0 N–H and O–H groups in total. The van der Waals surface area contributed by atoms with Gasteiger partial charge in [-0.2, -0.15) is 0 Å². The van der Waals surface area contributed by atoms with Crippen molar-refractivity contribution < 1.29 is 0 Å². The molecule has 0 rings (SSSR count). The van der Waals surface area contributed by atoms with Crippen LogP contribution in [0.1, 0.15) is 51.4 Å². The number of hydrogen-bond acceptors (Lipinski definition) is 0. The second-order valence-corrected chi connectivity index (χ2v) is 6.25. The van der Waals surface area contributed by atoms with Gasteiger partial charge in [-0.25, -0.2) is 0 Å². The Kier molecular flexibility index (Phi) is 11.9. The first-order valence-corrected chi connectivity index (χ1v) is 6.98. The molecule has 0 spiro atoms. The Bertz CT molecular complexity index is 158. The molecule has 0 saturated carbocycles. The summed E-state index contributed by atoms with van der Waals surface area (Å²) in [6.45, 7) is 3.72. The van der Waals surface area contributed by atoms with Crippen molar-refractivity contribution >= 4 is 31.9 Å². The van der Waals surface area contributed by atoms with E-state index in [1.54, 1.807) is 0 Å². The van der Waals surface area contributed by atoms with Crippen molar-refractivity contribution in [2.24, 2.45) is 0 Å². The van der Waals surface area contributed by atoms with Gasteiger partial charge in [0.05, 0.1) is 3.39 Å². The molecular weight excluding hydrogens is 304 g/mol. The second kappa shape index (κ2) is 11.5. The molecule has 0 aromatic heterocycles. The van der Waals surface area contributed by atoms with E-state index in [2.05, 4.69) is 44.5 Å². The minimum atomic E-state index is 1.08. The SMILES string of the molecule is C=CCCCCCCCCC=C(Br)Br. The first-order valence-electron chi connectivity index (χ1n) is 5.39. The van der Waals surface area contributed by atoms with E-state index in [1.807, 2.05) is 6.08 Å². The highest BCUT2D eigenvalue weighted by Crippen LogP contribution is 2.15. The van der Waals surface area contributed by atoms with E-state index in [9.17, 15) is 0 Å². The molecule has 14 heavy (non-hydrogen) atoms. The number of halogens is 2. The van der Waals surface area contributed by atoms with Crippen LogP contribution in [0.4, 0.5) is 0 Å². The number of allylic oxidation sites excluding steroid dienone is 2. The first kappa shape index (κ1) is 14.4. The van der Waals surface area contributed by atoms with E-state index in [-0.39, 0.29) is 0 Å². The van der Waals surface area contributed by atoms with Crippen molar-refractivity contribution in [2.75, 3.05) is 0 Å². The molecule has 0 fully saturated rings. The highest BCUT2D eigenvalue weighted by molar-refractivity contribution is 9.28. The minimum absolute atomic E-state index is 1.08. The fourth-order valence-corrected chi connectivity index (χ4v) is 1.81. The topological polar surface area (TPSA) is 0 Å². The molecule has 0 saturated heterocycles. The van der Waals surface area contributed by atoms with Gasteiger partial charge in [0.2, 0.25) is 0 Å². The van der Waals surface area contributed by atoms with Gasteiger partial charge in [0.15, 0.2) is 0 Å². The van der Waals surface area contributed by atoms with Crippen molar-refractivity contribution in [1.29, 1.82) is 0 Å². The highest BCUT2D eigenvalue weighted by atomic mass is 79.9. The van der Waals surface area contributed by atoms with Crippen LogP contribution in [0.15, 0.2) is 22.1 Å². The number of unbranched alkanes of at least 4 members (excludes halogenated alkanes) is 7. The molecule has 0 atom stereocenters. The predicted molar refractivity (Wildman–Crippen MR) is 73.1 cm³/mol. The maximum atomic E-state index is 3.72. The number of rotatable bonds is 9. The van der Waals surface area contributed by atoms with Gasteiger partial charge in [-0.15, -0.1) is 6.58 Å². The fraction of sp³-hybridized carbons (Fsp3) is 0.667. The Hall–Kier alpha value is 0.440. The molecule has 0 amide bonds. The van der Waals surface area contributed by atoms with Crippen LogP contribution in [0, 0.1) is 0 Å². The Morgan fingerprint density at radius 2 is 1.36 bits per heavy atom. The summed E-state index contributed by atoms with van der Waals surface area (Å²) < 4.78 is 1.08. The van der Waals surface area contributed by atoms with Gasteiger partial charge < -0.3 is 0 Å². The van der Waals surface area contributed by atoms with Gasteiger partial charge in [0, 0.05) is 0 Å². The van der Waals surface area contributed by atoms with Crippen LogP contribution in [0.5, 0.6) is 0 Å². The third-order valence-corrected chi connectivity index (χ3v) is 2.81. The minimum Gasteiger partial charge on any atom is -0.103 e. The third-order valence-electron chi connectivity index (χ3n) is 2.16. The summed E-state index contributed by atoms with van der Waals surface area (Å²) in [6.07, 6.45) is 14.7. The van der Waals surface area contributed by atoms with Gasteiger partial charge >= 0.3 is 0 Å². The highest BCUT2D eigenvalue weighted by Gasteiger charge is 1.90. The van der Waals surface area contributed by atoms with Crippen LogP contribution in [0.25, 0.3) is 0 Å². The van der Waals surface area contributed by atoms with E-state index in [4.69, 9.17) is 0 Å². The van der Waals surface area contributed by atoms with Gasteiger partial charge in [-0.1, -0.05) is 37.8 Å². The lowest BCUT2D eigenvalue weighted by Crippen LogP contribution is -1.79. The normalized spacial score (nSPS) is 9.86. The molecule has 0 nitrogen and oxygen atoms in total. The van der Waals surface area contributed by atoms with Crippen molar-refractivity contribution in [3.63, 3.8) is 0 Å². The van der Waals surface area contributed by atoms with Crippen LogP contribution in [-0.4, -0.2) is 0 Å². The lowest BCUT2D eigenvalue weighted by Gasteiger charge is -1.98. The summed E-state index contributed by atoms with van der Waals surface area (Å²) in [7, 11) is 0. The summed E-state index contributed by atoms with van der Waals surface area (Å²) in [5.74, 6) is 0. The van der Waals surface area contributed by atoms with E-state index in [0.717, 1.165) is 3.39 Å². The van der Waals surface area contributed by atoms with E-state index in [0.29, 0.717) is 0 Å². The maximum absolute atomic E-state index is 3.72. The molecule has 0 aliphatic heterocycles. The van der Waals surface area contributed by atoms with E-state index < -0.39 is 0 Å². The van der Waals surface area contributed by atoms with Crippen molar-refractivity contribution in [3.8, 4) is 0 Å². The van der Waals surface area contributed by atoms with E-state index in [1.165, 1.54) is 51.4 Å². The third kappa shape index (κ3) is 12.4. The Labute approximate surface area is 105 Å². The standard InChI is InChI=1S/C12H20Br2/c1-2-3-4-5-6-7-8-9-10-11-12(13)14/h2,11H,1,3-10H2. The Morgan fingerprint density at radius 1 is 0.857 bits per heavy atom. The summed E-state index contributed by atoms with van der Waals surface area (Å²) in [6, 6.07) is 0. The first-order chi connectivity index (χ1) is 6.77. The largest absolute Gasteiger partial charge is 0.103 e. The lowest BCUT2D eigenvalue weighted by atomic mass is 10.1. The van der Waals surface area contributed by atoms with Crippen LogP contribution >= 0.6 is 31.9 Å². The number of hydrogen-bond donors (Lipinski definition) is 0. The van der Waals surface area contributed by atoms with E-state index >= 15 is 0 Å². The molecule has 82 valence electrons. The Balaban J connectivity index is 2.99. The predicted octanol–water partition coefficient (Wildman–Crippen LogP) is 5.92. The zero-order valence-corrected chi connectivity index (χ0v) is 11.9. The Morgan fingerprint density at radius 3 is 1.86 bits per heavy atom. The molecule has 0 radical (unpaired) electrons. The zero-order valence-electron chi connectivity index (χ0n) is 8.77. The molecule has 0 aromatic carbocycles. The van der Waals surface area contributed by atoms with Crippen LogP contribution < -0.4 is 0 Å². The molecule has 0 aromatic rings. The van der Waals surface area contributed by atoms with Gasteiger partial charge in [-0.3, -0.25) is 0 Å². The zero-order chi connectivity index (χ0) is 10.6. The average Bonchev–Trinajstić information content (AvgIpc) is 2.15. The average molecular weight is 324 g/mol. The molecule has 2 heteroatoms. The van der Waals surface area contributed by atoms with Crippen LogP contribution in [0.2, 0.25) is 0 Å². The summed E-state index contributed by atoms with van der Waals surface area (Å²) in [5, 5.41) is 0. The molecule has 0 unspecified atom stereocenters. The monoisotopic (exact) mass is 322 g/mol. The van der Waals surface area contributed by atoms with Crippen LogP contribution in [0.3, 0.4) is 0 Å². The lowest BCUT2D eigenvalue weighted by molar-refractivity contribution is 0.600. The van der Waals surface area contributed by atoms with Gasteiger partial charge in [-0.05, 0) is 57.5 Å². The molecule has 0 bridgehead atoms. The van der Waals surface area contributed by atoms with Gasteiger partial charge in [0.1, 0.15) is 0 Å². The molecule has 0 aliphatic carbocycles. The van der Waals surface area contributed by atoms with Gasteiger partial charge in [0.25, 0.3) is 0 Å². The molecule has 0 heterocycles.